The van der Waals surface area contributed by atoms with Crippen molar-refractivity contribution in [3.8, 4) is 28.4 Å². The van der Waals surface area contributed by atoms with Crippen LogP contribution in [0.3, 0.4) is 0 Å². The molecule has 1 atom stereocenters. The second-order valence-corrected chi connectivity index (χ2v) is 8.59. The average Bonchev–Trinajstić information content (AvgIpc) is 2.90. The van der Waals surface area contributed by atoms with Gasteiger partial charge in [-0.25, -0.2) is 4.79 Å². The summed E-state index contributed by atoms with van der Waals surface area (Å²) in [5.41, 5.74) is 2.34. The fourth-order valence-electron chi connectivity index (χ4n) is 3.75. The molecule has 0 saturated carbocycles. The van der Waals surface area contributed by atoms with Crippen LogP contribution in [0.4, 0.5) is 0 Å². The van der Waals surface area contributed by atoms with Gasteiger partial charge in [0.25, 0.3) is 5.91 Å². The van der Waals surface area contributed by atoms with E-state index in [1.165, 1.54) is 14.2 Å². The number of carbonyl (C=O) groups excluding carboxylic acids is 2. The number of carbonyl (C=O) groups is 2. The Morgan fingerprint density at radius 1 is 0.865 bits per heavy atom. The zero-order valence-corrected chi connectivity index (χ0v) is 22.3. The largest absolute Gasteiger partial charge is 0.496 e. The summed E-state index contributed by atoms with van der Waals surface area (Å²) >= 11 is 12.3. The number of rotatable bonds is 11. The van der Waals surface area contributed by atoms with Gasteiger partial charge in [0.2, 0.25) is 0 Å². The Morgan fingerprint density at radius 3 is 2.08 bits per heavy atom. The van der Waals surface area contributed by atoms with Crippen LogP contribution in [0.25, 0.3) is 11.1 Å². The summed E-state index contributed by atoms with van der Waals surface area (Å²) in [6.45, 7) is 0.0567. The van der Waals surface area contributed by atoms with Gasteiger partial charge in [0.05, 0.1) is 42.5 Å². The van der Waals surface area contributed by atoms with Crippen molar-refractivity contribution in [1.29, 1.82) is 0 Å². The quantitative estimate of drug-likeness (QED) is 0.261. The van der Waals surface area contributed by atoms with Crippen LogP contribution in [0.2, 0.25) is 10.0 Å². The second-order valence-electron chi connectivity index (χ2n) is 7.77. The van der Waals surface area contributed by atoms with E-state index in [9.17, 15) is 9.59 Å². The molecule has 1 N–H and O–H groups in total. The zero-order chi connectivity index (χ0) is 26.9. The molecule has 0 aliphatic heterocycles. The third-order valence-electron chi connectivity index (χ3n) is 5.50. The molecule has 10 heteroatoms. The lowest BCUT2D eigenvalue weighted by Crippen LogP contribution is -2.43. The number of nitrogens with one attached hydrogen (secondary N) is 1. The summed E-state index contributed by atoms with van der Waals surface area (Å²) in [5, 5.41) is 3.03. The van der Waals surface area contributed by atoms with Gasteiger partial charge in [-0.1, -0.05) is 53.5 Å². The number of esters is 1. The smallest absolute Gasteiger partial charge is 0.328 e. The van der Waals surface area contributed by atoms with Crippen molar-refractivity contribution >= 4 is 35.1 Å². The molecule has 3 aromatic carbocycles. The van der Waals surface area contributed by atoms with Crippen molar-refractivity contribution in [3.05, 3.63) is 75.8 Å². The number of halogens is 2. The first-order chi connectivity index (χ1) is 17.8. The first kappa shape index (κ1) is 28.1. The van der Waals surface area contributed by atoms with Crippen molar-refractivity contribution in [1.82, 2.24) is 5.32 Å². The first-order valence-corrected chi connectivity index (χ1v) is 11.9. The number of hydrogen-bond donors (Lipinski definition) is 1. The van der Waals surface area contributed by atoms with E-state index in [-0.39, 0.29) is 28.8 Å². The molecule has 196 valence electrons. The van der Waals surface area contributed by atoms with Gasteiger partial charge in [-0.15, -0.1) is 0 Å². The summed E-state index contributed by atoms with van der Waals surface area (Å²) in [4.78, 5) is 25.3. The molecule has 37 heavy (non-hydrogen) atoms. The standard InChI is InChI=1S/C27H27Cl2NO7/c1-33-15-37-22-13-12-21(34-2)23(25(22)35-3)17-10-8-16(9-11-17)14-20(27(32)36-4)30-26(31)24-18(28)6-5-7-19(24)29/h5-13,20H,14-15H2,1-4H3,(H,30,31)/t20-/m0/s1. The number of ether oxygens (including phenoxy) is 5. The summed E-state index contributed by atoms with van der Waals surface area (Å²) < 4.78 is 26.7. The fraction of sp³-hybridized carbons (Fsp3) is 0.259. The Kier molecular flexibility index (Phi) is 10.0. The molecule has 0 unspecified atom stereocenters. The number of amides is 1. The molecule has 0 aliphatic rings. The van der Waals surface area contributed by atoms with Gasteiger partial charge < -0.3 is 29.0 Å². The Labute approximate surface area is 225 Å². The highest BCUT2D eigenvalue weighted by Crippen LogP contribution is 2.44. The lowest BCUT2D eigenvalue weighted by atomic mass is 9.98. The van der Waals surface area contributed by atoms with E-state index in [1.807, 2.05) is 24.3 Å². The second kappa shape index (κ2) is 13.2. The monoisotopic (exact) mass is 547 g/mol. The minimum Gasteiger partial charge on any atom is -0.496 e. The van der Waals surface area contributed by atoms with Gasteiger partial charge >= 0.3 is 5.97 Å². The molecule has 0 bridgehead atoms. The minimum absolute atomic E-state index is 0.0567. The maximum absolute atomic E-state index is 12.9. The SMILES string of the molecule is COCOc1ccc(OC)c(-c2ccc(C[C@H](NC(=O)c3c(Cl)cccc3Cl)C(=O)OC)cc2)c1OC. The zero-order valence-electron chi connectivity index (χ0n) is 20.8. The van der Waals surface area contributed by atoms with Crippen LogP contribution >= 0.6 is 23.2 Å². The molecule has 0 saturated heterocycles. The fourth-order valence-corrected chi connectivity index (χ4v) is 4.32. The van der Waals surface area contributed by atoms with Gasteiger partial charge in [0, 0.05) is 13.5 Å². The summed E-state index contributed by atoms with van der Waals surface area (Å²) in [6, 6.07) is 14.7. The van der Waals surface area contributed by atoms with Gasteiger partial charge in [0.15, 0.2) is 18.3 Å². The van der Waals surface area contributed by atoms with Crippen LogP contribution in [0.15, 0.2) is 54.6 Å². The first-order valence-electron chi connectivity index (χ1n) is 11.1. The maximum Gasteiger partial charge on any atom is 0.328 e. The van der Waals surface area contributed by atoms with E-state index in [1.54, 1.807) is 44.6 Å². The Bertz CT molecular complexity index is 1230. The highest BCUT2D eigenvalue weighted by atomic mass is 35.5. The molecule has 0 aromatic heterocycles. The summed E-state index contributed by atoms with van der Waals surface area (Å²) in [7, 11) is 5.89. The summed E-state index contributed by atoms with van der Waals surface area (Å²) in [5.74, 6) is 0.388. The van der Waals surface area contributed by atoms with Crippen molar-refractivity contribution in [2.75, 3.05) is 35.2 Å². The van der Waals surface area contributed by atoms with Crippen LogP contribution in [-0.2, 0) is 20.7 Å². The molecule has 1 amide bonds. The molecule has 3 aromatic rings. The van der Waals surface area contributed by atoms with E-state index < -0.39 is 17.9 Å². The third-order valence-corrected chi connectivity index (χ3v) is 6.13. The molecular formula is C27H27Cl2NO7. The number of methoxy groups -OCH3 is 4. The number of benzene rings is 3. The van der Waals surface area contributed by atoms with E-state index in [4.69, 9.17) is 46.9 Å². The molecule has 0 radical (unpaired) electrons. The van der Waals surface area contributed by atoms with Gasteiger partial charge in [-0.3, -0.25) is 4.79 Å². The van der Waals surface area contributed by atoms with Crippen molar-refractivity contribution in [2.45, 2.75) is 12.5 Å². The lowest BCUT2D eigenvalue weighted by molar-refractivity contribution is -0.142. The van der Waals surface area contributed by atoms with Crippen molar-refractivity contribution < 1.29 is 33.3 Å². The van der Waals surface area contributed by atoms with Crippen molar-refractivity contribution in [2.24, 2.45) is 0 Å². The van der Waals surface area contributed by atoms with E-state index in [0.29, 0.717) is 22.8 Å². The Hall–Kier alpha value is -3.46. The molecule has 0 fully saturated rings. The van der Waals surface area contributed by atoms with Gasteiger partial charge in [-0.2, -0.15) is 0 Å². The van der Waals surface area contributed by atoms with Gasteiger partial charge in [0.1, 0.15) is 11.8 Å². The van der Waals surface area contributed by atoms with Crippen LogP contribution in [0.5, 0.6) is 17.2 Å². The number of hydrogen-bond acceptors (Lipinski definition) is 7. The highest BCUT2D eigenvalue weighted by molar-refractivity contribution is 6.39. The summed E-state index contributed by atoms with van der Waals surface area (Å²) in [6.07, 6.45) is 0.173. The van der Waals surface area contributed by atoms with Crippen LogP contribution in [0, 0.1) is 0 Å². The average molecular weight is 548 g/mol. The molecule has 0 aliphatic carbocycles. The van der Waals surface area contributed by atoms with Crippen LogP contribution in [-0.4, -0.2) is 53.2 Å². The van der Waals surface area contributed by atoms with E-state index in [2.05, 4.69) is 5.32 Å². The van der Waals surface area contributed by atoms with E-state index >= 15 is 0 Å². The normalized spacial score (nSPS) is 11.4. The Morgan fingerprint density at radius 2 is 1.51 bits per heavy atom. The molecule has 8 nitrogen and oxygen atoms in total. The molecule has 0 heterocycles. The topological polar surface area (TPSA) is 92.3 Å². The molecule has 3 rings (SSSR count). The van der Waals surface area contributed by atoms with Crippen molar-refractivity contribution in [3.63, 3.8) is 0 Å². The highest BCUT2D eigenvalue weighted by Gasteiger charge is 2.25. The molecule has 0 spiro atoms. The van der Waals surface area contributed by atoms with Gasteiger partial charge in [-0.05, 0) is 35.4 Å². The van der Waals surface area contributed by atoms with E-state index in [0.717, 1.165) is 11.1 Å². The predicted molar refractivity (Wildman–Crippen MR) is 141 cm³/mol. The maximum atomic E-state index is 12.9. The lowest BCUT2D eigenvalue weighted by Gasteiger charge is -2.19. The minimum atomic E-state index is -0.967. The van der Waals surface area contributed by atoms with Crippen LogP contribution < -0.4 is 19.5 Å². The third kappa shape index (κ3) is 6.65. The predicted octanol–water partition coefficient (Wildman–Crippen LogP) is 5.17. The Balaban J connectivity index is 1.88. The van der Waals surface area contributed by atoms with Crippen LogP contribution in [0.1, 0.15) is 15.9 Å². The molecular weight excluding hydrogens is 521 g/mol.